The summed E-state index contributed by atoms with van der Waals surface area (Å²) in [6.45, 7) is 3.78. The van der Waals surface area contributed by atoms with Gasteiger partial charge in [-0.1, -0.05) is 26.0 Å². The Hall–Kier alpha value is -1.93. The van der Waals surface area contributed by atoms with E-state index >= 15 is 0 Å². The van der Waals surface area contributed by atoms with E-state index in [9.17, 15) is 18.0 Å². The van der Waals surface area contributed by atoms with Crippen molar-refractivity contribution in [2.45, 2.75) is 44.0 Å². The summed E-state index contributed by atoms with van der Waals surface area (Å²) in [7, 11) is -2.14. The van der Waals surface area contributed by atoms with Crippen LogP contribution >= 0.6 is 0 Å². The zero-order valence-electron chi connectivity index (χ0n) is 14.1. The molecule has 1 amide bonds. The third-order valence-electron chi connectivity index (χ3n) is 3.48. The Kier molecular flexibility index (Phi) is 7.37. The molecule has 0 aliphatic heterocycles. The van der Waals surface area contributed by atoms with Crippen LogP contribution in [0.2, 0.25) is 0 Å². The van der Waals surface area contributed by atoms with Crippen molar-refractivity contribution >= 4 is 21.9 Å². The number of benzene rings is 1. The Balaban J connectivity index is 2.59. The lowest BCUT2D eigenvalue weighted by molar-refractivity contribution is -0.142. The molecule has 0 saturated heterocycles. The molecule has 24 heavy (non-hydrogen) atoms. The van der Waals surface area contributed by atoms with Gasteiger partial charge in [-0.15, -0.1) is 0 Å². The number of amides is 1. The van der Waals surface area contributed by atoms with Crippen LogP contribution in [0.4, 0.5) is 0 Å². The van der Waals surface area contributed by atoms with Crippen molar-refractivity contribution in [3.05, 3.63) is 29.8 Å². The highest BCUT2D eigenvalue weighted by Crippen LogP contribution is 2.12. The van der Waals surface area contributed by atoms with E-state index in [1.807, 2.05) is 13.8 Å². The summed E-state index contributed by atoms with van der Waals surface area (Å²) in [5, 5.41) is 11.6. The molecule has 1 aromatic rings. The lowest BCUT2D eigenvalue weighted by atomic mass is 10.0. The maximum atomic E-state index is 11.9. The molecule has 1 atom stereocenters. The highest BCUT2D eigenvalue weighted by molar-refractivity contribution is 7.89. The minimum absolute atomic E-state index is 0.139. The lowest BCUT2D eigenvalue weighted by Crippen LogP contribution is -2.41. The van der Waals surface area contributed by atoms with Crippen LogP contribution < -0.4 is 10.0 Å². The minimum Gasteiger partial charge on any atom is -0.480 e. The molecule has 134 valence electrons. The number of hydrogen-bond donors (Lipinski definition) is 3. The van der Waals surface area contributed by atoms with Gasteiger partial charge < -0.3 is 10.4 Å². The van der Waals surface area contributed by atoms with Crippen LogP contribution in [0.25, 0.3) is 0 Å². The lowest BCUT2D eigenvalue weighted by Gasteiger charge is -2.16. The SMILES string of the molecule is CNS(=O)(=O)c1ccc(CCC(=O)N[C@H](CC(C)C)C(=O)O)cc1. The summed E-state index contributed by atoms with van der Waals surface area (Å²) in [5.41, 5.74) is 0.802. The quantitative estimate of drug-likeness (QED) is 0.614. The summed E-state index contributed by atoms with van der Waals surface area (Å²) in [4.78, 5) is 23.2. The monoisotopic (exact) mass is 356 g/mol. The van der Waals surface area contributed by atoms with Crippen LogP contribution in [-0.4, -0.2) is 38.5 Å². The third kappa shape index (κ3) is 6.29. The van der Waals surface area contributed by atoms with Crippen molar-refractivity contribution in [1.82, 2.24) is 10.0 Å². The van der Waals surface area contributed by atoms with Crippen LogP contribution in [0.1, 0.15) is 32.3 Å². The van der Waals surface area contributed by atoms with Gasteiger partial charge in [0.05, 0.1) is 4.90 Å². The van der Waals surface area contributed by atoms with Crippen LogP contribution in [-0.2, 0) is 26.0 Å². The number of carbonyl (C=O) groups excluding carboxylic acids is 1. The van der Waals surface area contributed by atoms with Gasteiger partial charge in [0.2, 0.25) is 15.9 Å². The molecule has 0 spiro atoms. The second-order valence-electron chi connectivity index (χ2n) is 5.94. The molecule has 3 N–H and O–H groups in total. The van der Waals surface area contributed by atoms with Crippen molar-refractivity contribution in [3.63, 3.8) is 0 Å². The highest BCUT2D eigenvalue weighted by Gasteiger charge is 2.20. The van der Waals surface area contributed by atoms with Gasteiger partial charge in [-0.25, -0.2) is 17.9 Å². The van der Waals surface area contributed by atoms with Gasteiger partial charge in [0.15, 0.2) is 0 Å². The van der Waals surface area contributed by atoms with E-state index < -0.39 is 22.0 Å². The van der Waals surface area contributed by atoms with Crippen molar-refractivity contribution in [2.24, 2.45) is 5.92 Å². The number of hydrogen-bond acceptors (Lipinski definition) is 4. The Morgan fingerprint density at radius 1 is 1.17 bits per heavy atom. The molecule has 0 radical (unpaired) electrons. The number of carboxylic acid groups (broad SMARTS) is 1. The van der Waals surface area contributed by atoms with Gasteiger partial charge in [0.25, 0.3) is 0 Å². The zero-order chi connectivity index (χ0) is 18.3. The normalized spacial score (nSPS) is 12.8. The van der Waals surface area contributed by atoms with E-state index in [4.69, 9.17) is 5.11 Å². The van der Waals surface area contributed by atoms with E-state index in [0.717, 1.165) is 5.56 Å². The average Bonchev–Trinajstić information content (AvgIpc) is 2.52. The summed E-state index contributed by atoms with van der Waals surface area (Å²) in [6, 6.07) is 5.33. The maximum Gasteiger partial charge on any atom is 0.326 e. The van der Waals surface area contributed by atoms with E-state index in [0.29, 0.717) is 12.8 Å². The molecule has 0 heterocycles. The Morgan fingerprint density at radius 2 is 1.75 bits per heavy atom. The Labute approximate surface area is 142 Å². The van der Waals surface area contributed by atoms with Gasteiger partial charge in [0.1, 0.15) is 6.04 Å². The fourth-order valence-electron chi connectivity index (χ4n) is 2.17. The molecule has 0 aromatic heterocycles. The summed E-state index contributed by atoms with van der Waals surface area (Å²) >= 11 is 0. The first-order chi connectivity index (χ1) is 11.2. The molecule has 0 saturated carbocycles. The molecule has 8 heteroatoms. The van der Waals surface area contributed by atoms with Gasteiger partial charge in [-0.2, -0.15) is 0 Å². The van der Waals surface area contributed by atoms with E-state index in [-0.39, 0.29) is 23.1 Å². The molecule has 0 fully saturated rings. The van der Waals surface area contributed by atoms with Crippen molar-refractivity contribution < 1.29 is 23.1 Å². The first-order valence-corrected chi connectivity index (χ1v) is 9.18. The topological polar surface area (TPSA) is 113 Å². The smallest absolute Gasteiger partial charge is 0.326 e. The maximum absolute atomic E-state index is 11.9. The molecule has 0 aliphatic rings. The van der Waals surface area contributed by atoms with Gasteiger partial charge in [-0.05, 0) is 43.5 Å². The van der Waals surface area contributed by atoms with Gasteiger partial charge in [-0.3, -0.25) is 4.79 Å². The zero-order valence-corrected chi connectivity index (χ0v) is 14.9. The number of aliphatic carboxylic acids is 1. The third-order valence-corrected chi connectivity index (χ3v) is 4.91. The summed E-state index contributed by atoms with van der Waals surface area (Å²) < 4.78 is 25.5. The number of rotatable bonds is 9. The number of carboxylic acids is 1. The average molecular weight is 356 g/mol. The Morgan fingerprint density at radius 3 is 2.21 bits per heavy atom. The summed E-state index contributed by atoms with van der Waals surface area (Å²) in [6.07, 6.45) is 0.914. The predicted octanol–water partition coefficient (Wildman–Crippen LogP) is 1.14. The molecular weight excluding hydrogens is 332 g/mol. The van der Waals surface area contributed by atoms with Crippen molar-refractivity contribution in [3.8, 4) is 0 Å². The highest BCUT2D eigenvalue weighted by atomic mass is 32.2. The fourth-order valence-corrected chi connectivity index (χ4v) is 2.90. The number of sulfonamides is 1. The fraction of sp³-hybridized carbons (Fsp3) is 0.500. The molecule has 0 aliphatic carbocycles. The first kappa shape index (κ1) is 20.1. The van der Waals surface area contributed by atoms with E-state index in [1.165, 1.54) is 19.2 Å². The van der Waals surface area contributed by atoms with Crippen molar-refractivity contribution in [1.29, 1.82) is 0 Å². The second kappa shape index (κ2) is 8.79. The summed E-state index contributed by atoms with van der Waals surface area (Å²) in [5.74, 6) is -1.22. The molecular formula is C16H24N2O5S. The number of carbonyl (C=O) groups is 2. The van der Waals surface area contributed by atoms with E-state index in [2.05, 4.69) is 10.0 Å². The minimum atomic E-state index is -3.48. The molecule has 7 nitrogen and oxygen atoms in total. The predicted molar refractivity (Wildman–Crippen MR) is 90.0 cm³/mol. The largest absolute Gasteiger partial charge is 0.480 e. The molecule has 1 aromatic carbocycles. The van der Waals surface area contributed by atoms with Crippen LogP contribution in [0, 0.1) is 5.92 Å². The van der Waals surface area contributed by atoms with Gasteiger partial charge >= 0.3 is 5.97 Å². The Bertz CT molecular complexity index is 668. The van der Waals surface area contributed by atoms with Crippen LogP contribution in [0.15, 0.2) is 29.2 Å². The standard InChI is InChI=1S/C16H24N2O5S/c1-11(2)10-14(16(20)21)18-15(19)9-6-12-4-7-13(8-5-12)24(22,23)17-3/h4-5,7-8,11,14,17H,6,9-10H2,1-3H3,(H,18,19)(H,20,21)/t14-/m1/s1. The van der Waals surface area contributed by atoms with Gasteiger partial charge in [0, 0.05) is 6.42 Å². The second-order valence-corrected chi connectivity index (χ2v) is 7.83. The molecule has 1 rings (SSSR count). The van der Waals surface area contributed by atoms with Crippen LogP contribution in [0.5, 0.6) is 0 Å². The van der Waals surface area contributed by atoms with Crippen LogP contribution in [0.3, 0.4) is 0 Å². The van der Waals surface area contributed by atoms with E-state index in [1.54, 1.807) is 12.1 Å². The first-order valence-electron chi connectivity index (χ1n) is 7.70. The molecule has 0 unspecified atom stereocenters. The van der Waals surface area contributed by atoms with Crippen molar-refractivity contribution in [2.75, 3.05) is 7.05 Å². The molecule has 0 bridgehead atoms. The number of nitrogens with one attached hydrogen (secondary N) is 2. The number of aryl methyl sites for hydroxylation is 1.